The zero-order valence-corrected chi connectivity index (χ0v) is 14.6. The molecule has 132 valence electrons. The lowest BCUT2D eigenvalue weighted by Gasteiger charge is -2.27. The average molecular weight is 349 g/mol. The molecular formula is C21H20FN3O. The Bertz CT molecular complexity index is 995. The topological polar surface area (TPSA) is 49.0 Å². The second-order valence-electron chi connectivity index (χ2n) is 6.76. The fraction of sp³-hybridized carbons (Fsp3) is 0.238. The second kappa shape index (κ2) is 6.84. The Balaban J connectivity index is 1.62. The number of hydrogen-bond donors (Lipinski definition) is 1. The Hall–Kier alpha value is -2.79. The summed E-state index contributed by atoms with van der Waals surface area (Å²) in [5.74, 6) is 0.388. The van der Waals surface area contributed by atoms with Gasteiger partial charge in [0, 0.05) is 36.3 Å². The molecule has 4 rings (SSSR count). The van der Waals surface area contributed by atoms with Gasteiger partial charge in [0.25, 0.3) is 5.56 Å². The van der Waals surface area contributed by atoms with Gasteiger partial charge in [-0.05, 0) is 19.4 Å². The highest BCUT2D eigenvalue weighted by atomic mass is 19.1. The van der Waals surface area contributed by atoms with Crippen LogP contribution in [0, 0.1) is 12.7 Å². The predicted octanol–water partition coefficient (Wildman–Crippen LogP) is 3.44. The summed E-state index contributed by atoms with van der Waals surface area (Å²) in [5, 5.41) is 0. The number of aromatic amines is 1. The van der Waals surface area contributed by atoms with Crippen LogP contribution < -0.4 is 5.56 Å². The molecule has 0 atom stereocenters. The van der Waals surface area contributed by atoms with Gasteiger partial charge in [-0.15, -0.1) is 0 Å². The molecule has 0 fully saturated rings. The first-order valence-electron chi connectivity index (χ1n) is 8.75. The third kappa shape index (κ3) is 3.30. The molecule has 0 saturated carbocycles. The minimum absolute atomic E-state index is 0.0730. The molecule has 2 heterocycles. The summed E-state index contributed by atoms with van der Waals surface area (Å²) >= 11 is 0. The van der Waals surface area contributed by atoms with Crippen LogP contribution in [0.4, 0.5) is 4.39 Å². The Morgan fingerprint density at radius 2 is 1.92 bits per heavy atom. The van der Waals surface area contributed by atoms with Gasteiger partial charge in [0.2, 0.25) is 0 Å². The molecule has 5 heteroatoms. The van der Waals surface area contributed by atoms with E-state index < -0.39 is 0 Å². The highest BCUT2D eigenvalue weighted by molar-refractivity contribution is 5.55. The van der Waals surface area contributed by atoms with Crippen molar-refractivity contribution in [1.82, 2.24) is 14.9 Å². The Kier molecular flexibility index (Phi) is 4.39. The molecule has 0 radical (unpaired) electrons. The highest BCUT2D eigenvalue weighted by Crippen LogP contribution is 2.21. The number of H-pyrrole nitrogens is 1. The molecule has 1 N–H and O–H groups in total. The lowest BCUT2D eigenvalue weighted by Crippen LogP contribution is -2.35. The van der Waals surface area contributed by atoms with Gasteiger partial charge in [0.05, 0.1) is 5.69 Å². The van der Waals surface area contributed by atoms with Crippen LogP contribution in [0.15, 0.2) is 53.3 Å². The summed E-state index contributed by atoms with van der Waals surface area (Å²) in [6.45, 7) is 3.80. The predicted molar refractivity (Wildman–Crippen MR) is 99.2 cm³/mol. The summed E-state index contributed by atoms with van der Waals surface area (Å²) in [7, 11) is 0. The summed E-state index contributed by atoms with van der Waals surface area (Å²) in [6.07, 6.45) is 0.625. The molecule has 2 aromatic carbocycles. The number of rotatable bonds is 3. The number of hydrogen-bond acceptors (Lipinski definition) is 3. The summed E-state index contributed by atoms with van der Waals surface area (Å²) < 4.78 is 13.9. The molecule has 0 aliphatic carbocycles. The van der Waals surface area contributed by atoms with Crippen molar-refractivity contribution in [3.63, 3.8) is 0 Å². The van der Waals surface area contributed by atoms with Crippen molar-refractivity contribution < 1.29 is 4.39 Å². The van der Waals surface area contributed by atoms with E-state index in [0.29, 0.717) is 30.9 Å². The van der Waals surface area contributed by atoms with Gasteiger partial charge in [-0.25, -0.2) is 9.37 Å². The monoisotopic (exact) mass is 349 g/mol. The molecule has 4 nitrogen and oxygen atoms in total. The third-order valence-electron chi connectivity index (χ3n) is 4.83. The van der Waals surface area contributed by atoms with E-state index in [1.54, 1.807) is 12.1 Å². The van der Waals surface area contributed by atoms with E-state index in [1.807, 2.05) is 37.3 Å². The average Bonchev–Trinajstić information content (AvgIpc) is 2.64. The zero-order valence-electron chi connectivity index (χ0n) is 14.6. The van der Waals surface area contributed by atoms with Gasteiger partial charge in [-0.1, -0.05) is 48.0 Å². The second-order valence-corrected chi connectivity index (χ2v) is 6.76. The fourth-order valence-corrected chi connectivity index (χ4v) is 3.34. The Morgan fingerprint density at radius 1 is 1.15 bits per heavy atom. The highest BCUT2D eigenvalue weighted by Gasteiger charge is 2.22. The number of nitrogens with one attached hydrogen (secondary N) is 1. The normalized spacial score (nSPS) is 14.2. The largest absolute Gasteiger partial charge is 0.306 e. The standard InChI is InChI=1S/C21H20FN3O/c1-14-6-8-15(9-7-14)20-23-19-13-25(11-10-17(19)21(26)24-20)12-16-4-2-3-5-18(16)22/h2-9H,10-13H2,1H3,(H,23,24,26). The van der Waals surface area contributed by atoms with Crippen molar-refractivity contribution in [2.75, 3.05) is 6.54 Å². The van der Waals surface area contributed by atoms with Crippen LogP contribution in [0.25, 0.3) is 11.4 Å². The molecule has 1 aliphatic rings. The number of nitrogens with zero attached hydrogens (tertiary/aromatic N) is 2. The Labute approximate surface area is 151 Å². The van der Waals surface area contributed by atoms with Crippen LogP contribution in [0.1, 0.15) is 22.4 Å². The maximum Gasteiger partial charge on any atom is 0.254 e. The minimum atomic E-state index is -0.197. The Morgan fingerprint density at radius 3 is 2.69 bits per heavy atom. The van der Waals surface area contributed by atoms with E-state index >= 15 is 0 Å². The number of halogens is 1. The summed E-state index contributed by atoms with van der Waals surface area (Å²) in [4.78, 5) is 22.2. The van der Waals surface area contributed by atoms with Crippen LogP contribution in [0.5, 0.6) is 0 Å². The number of fused-ring (bicyclic) bond motifs is 1. The summed E-state index contributed by atoms with van der Waals surface area (Å²) in [5.41, 5.74) is 4.17. The first-order chi connectivity index (χ1) is 12.6. The molecule has 1 aromatic heterocycles. The van der Waals surface area contributed by atoms with Gasteiger partial charge in [-0.2, -0.15) is 0 Å². The molecule has 0 spiro atoms. The van der Waals surface area contributed by atoms with Gasteiger partial charge in [-0.3, -0.25) is 9.69 Å². The fourth-order valence-electron chi connectivity index (χ4n) is 3.34. The molecule has 0 amide bonds. The molecule has 1 aliphatic heterocycles. The third-order valence-corrected chi connectivity index (χ3v) is 4.83. The summed E-state index contributed by atoms with van der Waals surface area (Å²) in [6, 6.07) is 14.7. The molecule has 0 unspecified atom stereocenters. The van der Waals surface area contributed by atoms with Gasteiger partial charge >= 0.3 is 0 Å². The maximum atomic E-state index is 13.9. The van der Waals surface area contributed by atoms with Crippen LogP contribution >= 0.6 is 0 Å². The molecule has 0 bridgehead atoms. The first-order valence-corrected chi connectivity index (χ1v) is 8.75. The lowest BCUT2D eigenvalue weighted by molar-refractivity contribution is 0.237. The van der Waals surface area contributed by atoms with Crippen molar-refractivity contribution >= 4 is 0 Å². The van der Waals surface area contributed by atoms with E-state index in [1.165, 1.54) is 6.07 Å². The van der Waals surface area contributed by atoms with E-state index in [0.717, 1.165) is 28.9 Å². The zero-order chi connectivity index (χ0) is 18.1. The van der Waals surface area contributed by atoms with E-state index in [-0.39, 0.29) is 11.4 Å². The van der Waals surface area contributed by atoms with E-state index in [9.17, 15) is 9.18 Å². The number of aromatic nitrogens is 2. The van der Waals surface area contributed by atoms with Crippen LogP contribution in [0.3, 0.4) is 0 Å². The molecule has 3 aromatic rings. The van der Waals surface area contributed by atoms with E-state index in [2.05, 4.69) is 9.88 Å². The molecular weight excluding hydrogens is 329 g/mol. The minimum Gasteiger partial charge on any atom is -0.306 e. The number of aryl methyl sites for hydroxylation is 1. The first kappa shape index (κ1) is 16.7. The number of benzene rings is 2. The van der Waals surface area contributed by atoms with Crippen molar-refractivity contribution in [2.45, 2.75) is 26.4 Å². The van der Waals surface area contributed by atoms with E-state index in [4.69, 9.17) is 4.98 Å². The molecule has 26 heavy (non-hydrogen) atoms. The lowest BCUT2D eigenvalue weighted by atomic mass is 10.0. The van der Waals surface area contributed by atoms with Crippen molar-refractivity contribution in [1.29, 1.82) is 0 Å². The smallest absolute Gasteiger partial charge is 0.254 e. The van der Waals surface area contributed by atoms with Crippen molar-refractivity contribution in [3.8, 4) is 11.4 Å². The van der Waals surface area contributed by atoms with Crippen LogP contribution in [-0.2, 0) is 19.5 Å². The van der Waals surface area contributed by atoms with Gasteiger partial charge in [0.15, 0.2) is 0 Å². The molecule has 0 saturated heterocycles. The quantitative estimate of drug-likeness (QED) is 0.788. The van der Waals surface area contributed by atoms with Crippen LogP contribution in [-0.4, -0.2) is 21.4 Å². The van der Waals surface area contributed by atoms with Gasteiger partial charge in [0.1, 0.15) is 11.6 Å². The maximum absolute atomic E-state index is 13.9. The van der Waals surface area contributed by atoms with Gasteiger partial charge < -0.3 is 4.98 Å². The van der Waals surface area contributed by atoms with Crippen molar-refractivity contribution in [2.24, 2.45) is 0 Å². The van der Waals surface area contributed by atoms with Crippen molar-refractivity contribution in [3.05, 3.63) is 87.1 Å². The SMILES string of the molecule is Cc1ccc(-c2nc3c(c(=O)[nH]2)CCN(Cc2ccccc2F)C3)cc1. The van der Waals surface area contributed by atoms with Crippen LogP contribution in [0.2, 0.25) is 0 Å².